The van der Waals surface area contributed by atoms with E-state index in [1.54, 1.807) is 0 Å². The summed E-state index contributed by atoms with van der Waals surface area (Å²) < 4.78 is 6.61. The third-order valence-corrected chi connectivity index (χ3v) is 6.96. The van der Waals surface area contributed by atoms with Crippen molar-refractivity contribution in [2.75, 3.05) is 51.3 Å². The van der Waals surface area contributed by atoms with E-state index in [1.807, 2.05) is 55.2 Å². The molecule has 0 spiro atoms. The second-order valence-corrected chi connectivity index (χ2v) is 9.33. The summed E-state index contributed by atoms with van der Waals surface area (Å²) in [6.45, 7) is 9.61. The Balaban J connectivity index is 1.22. The minimum absolute atomic E-state index is 0.0683. The lowest BCUT2D eigenvalue weighted by atomic mass is 10.1. The van der Waals surface area contributed by atoms with Crippen LogP contribution in [0.3, 0.4) is 0 Å². The Hall–Kier alpha value is -3.72. The number of hydrogen-bond acceptors (Lipinski definition) is 7. The summed E-state index contributed by atoms with van der Waals surface area (Å²) in [6.07, 6.45) is 5.50. The number of nitrogens with zero attached hydrogens (tertiary/aromatic N) is 5. The largest absolute Gasteiger partial charge is 0.469 e. The fourth-order valence-electron chi connectivity index (χ4n) is 4.76. The van der Waals surface area contributed by atoms with E-state index in [1.165, 1.54) is 12.8 Å². The van der Waals surface area contributed by atoms with Gasteiger partial charge in [-0.2, -0.15) is 5.10 Å². The summed E-state index contributed by atoms with van der Waals surface area (Å²) in [5, 5.41) is 7.68. The normalized spacial score (nSPS) is 14.0. The van der Waals surface area contributed by atoms with Crippen molar-refractivity contribution in [3.05, 3.63) is 71.3 Å². The van der Waals surface area contributed by atoms with Gasteiger partial charge in [0.1, 0.15) is 0 Å². The lowest BCUT2D eigenvalue weighted by Crippen LogP contribution is -2.47. The van der Waals surface area contributed by atoms with Gasteiger partial charge >= 0.3 is 5.97 Å². The first-order chi connectivity index (χ1) is 18.0. The zero-order chi connectivity index (χ0) is 26.2. The number of aromatic nitrogens is 3. The highest BCUT2D eigenvalue weighted by Crippen LogP contribution is 2.20. The number of aryl methyl sites for hydroxylation is 1. The average molecular weight is 505 g/mol. The van der Waals surface area contributed by atoms with Crippen LogP contribution in [0.25, 0.3) is 5.69 Å². The van der Waals surface area contributed by atoms with E-state index in [2.05, 4.69) is 37.3 Å². The van der Waals surface area contributed by atoms with Crippen LogP contribution in [-0.4, -0.2) is 77.9 Å². The van der Waals surface area contributed by atoms with Gasteiger partial charge < -0.3 is 15.0 Å². The molecule has 3 aromatic rings. The highest BCUT2D eigenvalue weighted by molar-refractivity contribution is 5.94. The zero-order valence-electron chi connectivity index (χ0n) is 21.9. The van der Waals surface area contributed by atoms with Gasteiger partial charge in [-0.25, -0.2) is 4.68 Å². The first-order valence-electron chi connectivity index (χ1n) is 12.8. The molecule has 37 heavy (non-hydrogen) atoms. The van der Waals surface area contributed by atoms with E-state index in [0.717, 1.165) is 61.8 Å². The number of amides is 1. The lowest BCUT2D eigenvalue weighted by molar-refractivity contribution is -0.140. The fourth-order valence-corrected chi connectivity index (χ4v) is 4.76. The maximum absolute atomic E-state index is 12.6. The molecule has 1 amide bonds. The van der Waals surface area contributed by atoms with Crippen molar-refractivity contribution in [3.63, 3.8) is 0 Å². The topological polar surface area (TPSA) is 92.6 Å². The van der Waals surface area contributed by atoms with Gasteiger partial charge in [0.25, 0.3) is 5.91 Å². The predicted molar refractivity (Wildman–Crippen MR) is 143 cm³/mol. The minimum Gasteiger partial charge on any atom is -0.469 e. The van der Waals surface area contributed by atoms with Crippen molar-refractivity contribution >= 4 is 17.6 Å². The summed E-state index contributed by atoms with van der Waals surface area (Å²) in [4.78, 5) is 33.1. The SMILES string of the molecule is COC(=O)CCc1c(C)nn(-c2ccc(C(=O)NCCCN3CCN(c4ccncc4)CC3)cc2)c1C. The van der Waals surface area contributed by atoms with E-state index >= 15 is 0 Å². The van der Waals surface area contributed by atoms with Crippen molar-refractivity contribution in [3.8, 4) is 5.69 Å². The average Bonchev–Trinajstić information content (AvgIpc) is 3.23. The van der Waals surface area contributed by atoms with Crippen molar-refractivity contribution in [2.24, 2.45) is 0 Å². The van der Waals surface area contributed by atoms with Crippen molar-refractivity contribution in [1.29, 1.82) is 0 Å². The van der Waals surface area contributed by atoms with Crippen LogP contribution in [0.5, 0.6) is 0 Å². The Morgan fingerprint density at radius 1 is 0.973 bits per heavy atom. The molecule has 196 valence electrons. The molecular weight excluding hydrogens is 468 g/mol. The number of pyridine rings is 1. The molecule has 0 aliphatic carbocycles. The second kappa shape index (κ2) is 12.5. The molecule has 0 saturated carbocycles. The van der Waals surface area contributed by atoms with Crippen LogP contribution >= 0.6 is 0 Å². The molecule has 0 bridgehead atoms. The van der Waals surface area contributed by atoms with Gasteiger partial charge in [0.05, 0.1) is 18.5 Å². The van der Waals surface area contributed by atoms with E-state index in [4.69, 9.17) is 4.74 Å². The van der Waals surface area contributed by atoms with Gasteiger partial charge in [0, 0.05) is 68.5 Å². The van der Waals surface area contributed by atoms with Gasteiger partial charge in [-0.15, -0.1) is 0 Å². The zero-order valence-corrected chi connectivity index (χ0v) is 21.9. The summed E-state index contributed by atoms with van der Waals surface area (Å²) in [6, 6.07) is 11.6. The van der Waals surface area contributed by atoms with E-state index < -0.39 is 0 Å². The summed E-state index contributed by atoms with van der Waals surface area (Å²) in [5.74, 6) is -0.299. The van der Waals surface area contributed by atoms with Crippen LogP contribution in [0.2, 0.25) is 0 Å². The Labute approximate surface area is 218 Å². The van der Waals surface area contributed by atoms with Crippen molar-refractivity contribution in [1.82, 2.24) is 25.0 Å². The number of benzene rings is 1. The second-order valence-electron chi connectivity index (χ2n) is 9.33. The molecule has 1 aliphatic rings. The van der Waals surface area contributed by atoms with E-state index in [0.29, 0.717) is 24.9 Å². The van der Waals surface area contributed by atoms with Gasteiger partial charge in [-0.3, -0.25) is 19.5 Å². The Morgan fingerprint density at radius 3 is 2.35 bits per heavy atom. The number of ether oxygens (including phenoxy) is 1. The number of esters is 1. The molecule has 9 heteroatoms. The van der Waals surface area contributed by atoms with E-state index in [9.17, 15) is 9.59 Å². The number of hydrogen-bond donors (Lipinski definition) is 1. The first-order valence-corrected chi connectivity index (χ1v) is 12.8. The predicted octanol–water partition coefficient (Wildman–Crippen LogP) is 2.93. The van der Waals surface area contributed by atoms with Gasteiger partial charge in [-0.05, 0) is 75.2 Å². The molecule has 1 fully saturated rings. The van der Waals surface area contributed by atoms with Crippen LogP contribution < -0.4 is 10.2 Å². The Bertz CT molecular complexity index is 1180. The molecule has 1 aromatic carbocycles. The van der Waals surface area contributed by atoms with Crippen LogP contribution in [0, 0.1) is 13.8 Å². The number of piperazine rings is 1. The lowest BCUT2D eigenvalue weighted by Gasteiger charge is -2.36. The molecule has 0 atom stereocenters. The van der Waals surface area contributed by atoms with Gasteiger partial charge in [-0.1, -0.05) is 0 Å². The molecular formula is C28H36N6O3. The van der Waals surface area contributed by atoms with Crippen molar-refractivity contribution in [2.45, 2.75) is 33.1 Å². The summed E-state index contributed by atoms with van der Waals surface area (Å²) in [7, 11) is 1.40. The van der Waals surface area contributed by atoms with Crippen LogP contribution in [-0.2, 0) is 16.0 Å². The van der Waals surface area contributed by atoms with E-state index in [-0.39, 0.29) is 11.9 Å². The maximum atomic E-state index is 12.6. The third kappa shape index (κ3) is 6.74. The Kier molecular flexibility index (Phi) is 8.90. The highest BCUT2D eigenvalue weighted by atomic mass is 16.5. The first kappa shape index (κ1) is 26.3. The third-order valence-electron chi connectivity index (χ3n) is 6.96. The molecule has 3 heterocycles. The monoisotopic (exact) mass is 504 g/mol. The quantitative estimate of drug-likeness (QED) is 0.335. The number of anilines is 1. The number of carbonyl (C=O) groups excluding carboxylic acids is 2. The standard InChI is InChI=1S/C28H36N6O3/c1-21-26(9-10-27(35)37-3)22(2)34(31-21)25-7-5-23(6-8-25)28(36)30-13-4-16-32-17-19-33(20-18-32)24-11-14-29-15-12-24/h5-8,11-12,14-15H,4,9-10,13,16-20H2,1-3H3,(H,30,36). The van der Waals surface area contributed by atoms with Crippen LogP contribution in [0.15, 0.2) is 48.8 Å². The minimum atomic E-state index is -0.231. The van der Waals surface area contributed by atoms with Gasteiger partial charge in [0.15, 0.2) is 0 Å². The molecule has 1 saturated heterocycles. The number of rotatable bonds is 10. The molecule has 4 rings (SSSR count). The fraction of sp³-hybridized carbons (Fsp3) is 0.429. The summed E-state index contributed by atoms with van der Waals surface area (Å²) in [5.41, 5.74) is 5.66. The molecule has 0 unspecified atom stereocenters. The smallest absolute Gasteiger partial charge is 0.305 e. The molecule has 0 radical (unpaired) electrons. The molecule has 9 nitrogen and oxygen atoms in total. The Morgan fingerprint density at radius 2 is 1.68 bits per heavy atom. The summed E-state index contributed by atoms with van der Waals surface area (Å²) >= 11 is 0. The van der Waals surface area contributed by atoms with Crippen LogP contribution in [0.4, 0.5) is 5.69 Å². The number of nitrogens with one attached hydrogen (secondary N) is 1. The number of methoxy groups -OCH3 is 1. The number of carbonyl (C=O) groups is 2. The van der Waals surface area contributed by atoms with Crippen molar-refractivity contribution < 1.29 is 14.3 Å². The maximum Gasteiger partial charge on any atom is 0.305 e. The highest BCUT2D eigenvalue weighted by Gasteiger charge is 2.17. The van der Waals surface area contributed by atoms with Gasteiger partial charge in [0.2, 0.25) is 0 Å². The molecule has 1 N–H and O–H groups in total. The van der Waals surface area contributed by atoms with Crippen LogP contribution in [0.1, 0.15) is 40.2 Å². The molecule has 2 aromatic heterocycles. The molecule has 1 aliphatic heterocycles.